The van der Waals surface area contributed by atoms with Crippen LogP contribution >= 0.6 is 0 Å². The molecule has 0 unspecified atom stereocenters. The fourth-order valence-corrected chi connectivity index (χ4v) is 4.58. The first-order chi connectivity index (χ1) is 12.6. The lowest BCUT2D eigenvalue weighted by Gasteiger charge is -2.32. The van der Waals surface area contributed by atoms with Crippen molar-refractivity contribution in [2.24, 2.45) is 5.92 Å². The Morgan fingerprint density at radius 3 is 2.44 bits per heavy atom. The first-order valence-electron chi connectivity index (χ1n) is 8.61. The summed E-state index contributed by atoms with van der Waals surface area (Å²) in [5.74, 6) is -1.43. The summed E-state index contributed by atoms with van der Waals surface area (Å²) in [6.07, 6.45) is -2.55. The second-order valence-corrected chi connectivity index (χ2v) is 7.49. The van der Waals surface area contributed by atoms with E-state index in [2.05, 4.69) is 4.98 Å². The minimum absolute atomic E-state index is 0.124. The van der Waals surface area contributed by atoms with Crippen LogP contribution in [-0.2, 0) is 23.8 Å². The molecular formula is C17H19FN2O7. The van der Waals surface area contributed by atoms with Crippen LogP contribution in [0.3, 0.4) is 0 Å². The summed E-state index contributed by atoms with van der Waals surface area (Å²) < 4.78 is 33.1. The molecule has 3 aliphatic rings. The number of aromatic nitrogens is 2. The molecule has 3 fully saturated rings. The zero-order valence-electron chi connectivity index (χ0n) is 15.0. The van der Waals surface area contributed by atoms with Gasteiger partial charge in [-0.2, -0.15) is 0 Å². The summed E-state index contributed by atoms with van der Waals surface area (Å²) in [6.45, 7) is 3.87. The highest BCUT2D eigenvalue weighted by molar-refractivity contribution is 5.69. The number of esters is 2. The molecular weight excluding hydrogens is 363 g/mol. The third-order valence-corrected chi connectivity index (χ3v) is 5.63. The van der Waals surface area contributed by atoms with Crippen LogP contribution in [0.1, 0.15) is 38.5 Å². The van der Waals surface area contributed by atoms with Crippen LogP contribution in [0.5, 0.6) is 0 Å². The van der Waals surface area contributed by atoms with Gasteiger partial charge in [-0.25, -0.2) is 9.18 Å². The van der Waals surface area contributed by atoms with Gasteiger partial charge in [0.15, 0.2) is 18.0 Å². The van der Waals surface area contributed by atoms with E-state index in [4.69, 9.17) is 14.2 Å². The number of halogens is 1. The molecule has 1 N–H and O–H groups in total. The van der Waals surface area contributed by atoms with Crippen LogP contribution in [0.2, 0.25) is 0 Å². The summed E-state index contributed by atoms with van der Waals surface area (Å²) in [5.41, 5.74) is -3.95. The number of aryl methyl sites for hydroxylation is 1. The van der Waals surface area contributed by atoms with Crippen molar-refractivity contribution in [2.75, 3.05) is 0 Å². The molecule has 10 heteroatoms. The predicted molar refractivity (Wildman–Crippen MR) is 86.6 cm³/mol. The van der Waals surface area contributed by atoms with Gasteiger partial charge in [-0.05, 0) is 19.8 Å². The van der Waals surface area contributed by atoms with Gasteiger partial charge >= 0.3 is 17.6 Å². The van der Waals surface area contributed by atoms with Gasteiger partial charge in [-0.1, -0.05) is 0 Å². The molecule has 0 spiro atoms. The molecule has 0 aromatic carbocycles. The largest absolute Gasteiger partial charge is 0.456 e. The standard InChI is InChI=1S/C17H19FN2O7/c1-7-6-20(15(24)19-12(7)23)13-11(18)17(27-9(3)22)5-10-4-16(10,14(17)25-13)26-8(2)21/h6,10-11,13-14H,4-5H2,1-3H3,(H,19,23,24)/t10-,11-,13+,14+,16+,17-/m0/s1. The van der Waals surface area contributed by atoms with E-state index in [9.17, 15) is 19.2 Å². The van der Waals surface area contributed by atoms with Gasteiger partial charge in [0.05, 0.1) is 0 Å². The molecule has 0 bridgehead atoms. The molecule has 1 aromatic heterocycles. The SMILES string of the molecule is CC(=O)O[C@]12C[C@H]1C[C@@]1(OC(C)=O)[C@@H]2O[C@@H](n2cc(C)c(=O)[nH]c2=O)[C@@H]1F. The van der Waals surface area contributed by atoms with E-state index in [0.29, 0.717) is 6.42 Å². The maximum Gasteiger partial charge on any atom is 0.330 e. The van der Waals surface area contributed by atoms with Gasteiger partial charge < -0.3 is 14.2 Å². The molecule has 1 aliphatic heterocycles. The predicted octanol–water partition coefficient (Wildman–Crippen LogP) is 0.108. The van der Waals surface area contributed by atoms with Gasteiger partial charge in [0.1, 0.15) is 11.7 Å². The van der Waals surface area contributed by atoms with Crippen molar-refractivity contribution < 1.29 is 28.2 Å². The zero-order valence-corrected chi connectivity index (χ0v) is 15.0. The Hall–Kier alpha value is -2.49. The quantitative estimate of drug-likeness (QED) is 0.738. The summed E-state index contributed by atoms with van der Waals surface area (Å²) in [4.78, 5) is 49.1. The zero-order chi connectivity index (χ0) is 19.7. The second kappa shape index (κ2) is 5.51. The van der Waals surface area contributed by atoms with Crippen LogP contribution < -0.4 is 11.2 Å². The van der Waals surface area contributed by atoms with Gasteiger partial charge in [-0.3, -0.25) is 23.9 Å². The summed E-state index contributed by atoms with van der Waals surface area (Å²) in [7, 11) is 0. The van der Waals surface area contributed by atoms with Crippen molar-refractivity contribution in [3.8, 4) is 0 Å². The Morgan fingerprint density at radius 2 is 1.81 bits per heavy atom. The highest BCUT2D eigenvalue weighted by atomic mass is 19.1. The molecule has 2 aliphatic carbocycles. The highest BCUT2D eigenvalue weighted by Crippen LogP contribution is 2.68. The molecule has 2 saturated carbocycles. The van der Waals surface area contributed by atoms with Crippen molar-refractivity contribution in [3.63, 3.8) is 0 Å². The van der Waals surface area contributed by atoms with Crippen LogP contribution in [-0.4, -0.2) is 45.0 Å². The highest BCUT2D eigenvalue weighted by Gasteiger charge is 2.83. The van der Waals surface area contributed by atoms with Crippen LogP contribution in [0.15, 0.2) is 15.8 Å². The molecule has 2 heterocycles. The molecule has 6 atom stereocenters. The van der Waals surface area contributed by atoms with Crippen molar-refractivity contribution in [2.45, 2.75) is 63.3 Å². The maximum atomic E-state index is 15.6. The number of carbonyl (C=O) groups is 2. The molecule has 9 nitrogen and oxygen atoms in total. The number of aromatic amines is 1. The Bertz CT molecular complexity index is 955. The second-order valence-electron chi connectivity index (χ2n) is 7.49. The normalized spacial score (nSPS) is 38.8. The first-order valence-corrected chi connectivity index (χ1v) is 8.61. The Balaban J connectivity index is 1.78. The Kier molecular flexibility index (Phi) is 3.65. The lowest BCUT2D eigenvalue weighted by Crippen LogP contribution is -2.51. The van der Waals surface area contributed by atoms with Crippen molar-refractivity contribution in [1.29, 1.82) is 0 Å². The van der Waals surface area contributed by atoms with E-state index in [1.807, 2.05) is 0 Å². The summed E-state index contributed by atoms with van der Waals surface area (Å²) in [5, 5.41) is 0. The first kappa shape index (κ1) is 17.9. The smallest absolute Gasteiger partial charge is 0.330 e. The van der Waals surface area contributed by atoms with E-state index in [-0.39, 0.29) is 17.9 Å². The Labute approximate surface area is 152 Å². The van der Waals surface area contributed by atoms with Crippen LogP contribution in [0, 0.1) is 12.8 Å². The lowest BCUT2D eigenvalue weighted by atomic mass is 9.90. The number of nitrogens with zero attached hydrogens (tertiary/aromatic N) is 1. The fourth-order valence-electron chi connectivity index (χ4n) is 4.58. The average molecular weight is 382 g/mol. The van der Waals surface area contributed by atoms with Crippen molar-refractivity contribution >= 4 is 11.9 Å². The minimum Gasteiger partial charge on any atom is -0.456 e. The molecule has 1 saturated heterocycles. The molecule has 0 radical (unpaired) electrons. The van der Waals surface area contributed by atoms with Gasteiger partial charge in [0.2, 0.25) is 0 Å². The lowest BCUT2D eigenvalue weighted by molar-refractivity contribution is -0.180. The monoisotopic (exact) mass is 382 g/mol. The van der Waals surface area contributed by atoms with E-state index in [0.717, 1.165) is 11.5 Å². The average Bonchev–Trinajstić information content (AvgIpc) is 3.04. The summed E-state index contributed by atoms with van der Waals surface area (Å²) >= 11 is 0. The number of rotatable bonds is 3. The number of nitrogens with one attached hydrogen (secondary N) is 1. The maximum absolute atomic E-state index is 15.6. The number of hydrogen-bond donors (Lipinski definition) is 1. The molecule has 0 amide bonds. The number of ether oxygens (including phenoxy) is 3. The molecule has 1 aromatic rings. The molecule has 146 valence electrons. The molecule has 4 rings (SSSR count). The number of fused-ring (bicyclic) bond motifs is 3. The van der Waals surface area contributed by atoms with E-state index in [1.54, 1.807) is 0 Å². The number of H-pyrrole nitrogens is 1. The topological polar surface area (TPSA) is 117 Å². The third-order valence-electron chi connectivity index (χ3n) is 5.63. The minimum atomic E-state index is -1.88. The number of hydrogen-bond acceptors (Lipinski definition) is 7. The van der Waals surface area contributed by atoms with E-state index in [1.165, 1.54) is 20.0 Å². The number of alkyl halides is 1. The van der Waals surface area contributed by atoms with Crippen molar-refractivity contribution in [1.82, 2.24) is 9.55 Å². The van der Waals surface area contributed by atoms with Gasteiger partial charge in [-0.15, -0.1) is 0 Å². The van der Waals surface area contributed by atoms with Gasteiger partial charge in [0, 0.05) is 31.5 Å². The summed E-state index contributed by atoms with van der Waals surface area (Å²) in [6, 6.07) is 0. The number of carbonyl (C=O) groups excluding carboxylic acids is 2. The van der Waals surface area contributed by atoms with Crippen molar-refractivity contribution in [3.05, 3.63) is 32.6 Å². The Morgan fingerprint density at radius 1 is 1.22 bits per heavy atom. The fraction of sp³-hybridized carbons (Fsp3) is 0.647. The van der Waals surface area contributed by atoms with Crippen LogP contribution in [0.4, 0.5) is 4.39 Å². The van der Waals surface area contributed by atoms with E-state index < -0.39 is 52.9 Å². The van der Waals surface area contributed by atoms with E-state index >= 15 is 4.39 Å². The van der Waals surface area contributed by atoms with Crippen LogP contribution in [0.25, 0.3) is 0 Å². The third kappa shape index (κ3) is 2.39. The molecule has 27 heavy (non-hydrogen) atoms. The van der Waals surface area contributed by atoms with Gasteiger partial charge in [0.25, 0.3) is 5.56 Å².